The molecule has 0 spiro atoms. The monoisotopic (exact) mass is 670 g/mol. The number of ether oxygens (including phenoxy) is 2. The highest BCUT2D eigenvalue weighted by atomic mass is 16.5. The number of anilines is 1. The van der Waals surface area contributed by atoms with Gasteiger partial charge in [-0.15, -0.1) is 10.2 Å². The van der Waals surface area contributed by atoms with E-state index in [1.807, 2.05) is 68.7 Å². The number of carbonyl (C=O) groups is 2. The zero-order valence-electron chi connectivity index (χ0n) is 30.0. The maximum Gasteiger partial charge on any atom is 0.320 e. The van der Waals surface area contributed by atoms with E-state index in [1.54, 1.807) is 13.2 Å². The Kier molecular flexibility index (Phi) is 11.0. The Morgan fingerprint density at radius 1 is 0.959 bits per heavy atom. The lowest BCUT2D eigenvalue weighted by Gasteiger charge is -2.32. The lowest BCUT2D eigenvalue weighted by Crippen LogP contribution is -2.36. The zero-order chi connectivity index (χ0) is 35.3. The molecular formula is C37H50N8O4. The molecule has 2 amide bonds. The number of aromatic nitrogens is 5. The number of hydrogen-bond donors (Lipinski definition) is 2. The van der Waals surface area contributed by atoms with E-state index >= 15 is 0 Å². The Morgan fingerprint density at radius 2 is 1.71 bits per heavy atom. The van der Waals surface area contributed by atoms with Crippen molar-refractivity contribution < 1.29 is 19.1 Å². The third-order valence-electron chi connectivity index (χ3n) is 8.67. The van der Waals surface area contributed by atoms with Gasteiger partial charge in [-0.2, -0.15) is 0 Å². The predicted molar refractivity (Wildman–Crippen MR) is 189 cm³/mol. The first-order valence-electron chi connectivity index (χ1n) is 17.0. The second-order valence-electron chi connectivity index (χ2n) is 14.9. The minimum atomic E-state index is -0.399. The standard InChI is InChI=1S/C37H50N8O4/c1-36(2,3)30-22-31(40-33(39-30)28(46)14-11-19-44(7)20-21-48-8)41-35(47)38-27-16-17-29(26-13-10-9-12-25(26)27)49-24-15-18-32-42-43-34(37(4,5)6)45(32)23-24/h9-10,12-13,15,18,22-23,27,29H,11,14,16-17,19-21H2,1-8H3,(H2,38,39,40,41,47)/t27-,29+/m0/s1. The fourth-order valence-corrected chi connectivity index (χ4v) is 5.95. The number of rotatable bonds is 12. The van der Waals surface area contributed by atoms with Crippen LogP contribution in [0.4, 0.5) is 10.6 Å². The number of benzene rings is 1. The van der Waals surface area contributed by atoms with Gasteiger partial charge in [-0.3, -0.25) is 14.5 Å². The van der Waals surface area contributed by atoms with Gasteiger partial charge in [0.15, 0.2) is 17.3 Å². The summed E-state index contributed by atoms with van der Waals surface area (Å²) in [5.41, 5.74) is 2.95. The lowest BCUT2D eigenvalue weighted by molar-refractivity contribution is 0.0963. The van der Waals surface area contributed by atoms with Crippen LogP contribution in [0.1, 0.15) is 113 Å². The molecule has 1 aliphatic carbocycles. The first kappa shape index (κ1) is 35.9. The molecule has 1 aromatic carbocycles. The molecule has 0 bridgehead atoms. The van der Waals surface area contributed by atoms with Gasteiger partial charge in [-0.1, -0.05) is 65.8 Å². The van der Waals surface area contributed by atoms with Crippen LogP contribution in [0.15, 0.2) is 48.7 Å². The molecule has 0 radical (unpaired) electrons. The highest BCUT2D eigenvalue weighted by molar-refractivity contribution is 5.94. The fraction of sp³-hybridized carbons (Fsp3) is 0.514. The summed E-state index contributed by atoms with van der Waals surface area (Å²) in [5.74, 6) is 1.85. The van der Waals surface area contributed by atoms with E-state index in [0.29, 0.717) is 43.8 Å². The molecule has 12 nitrogen and oxygen atoms in total. The van der Waals surface area contributed by atoms with Crippen molar-refractivity contribution in [2.24, 2.45) is 0 Å². The molecule has 2 atom stereocenters. The summed E-state index contributed by atoms with van der Waals surface area (Å²) >= 11 is 0. The molecule has 3 aromatic heterocycles. The van der Waals surface area contributed by atoms with Crippen LogP contribution >= 0.6 is 0 Å². The number of nitrogens with one attached hydrogen (secondary N) is 2. The van der Waals surface area contributed by atoms with Crippen LogP contribution in [0.25, 0.3) is 5.65 Å². The number of hydrogen-bond acceptors (Lipinski definition) is 9. The normalized spacial score (nSPS) is 16.4. The number of likely N-dealkylation sites (N-methyl/N-ethyl adjacent to an activating group) is 1. The summed E-state index contributed by atoms with van der Waals surface area (Å²) in [6.45, 7) is 14.6. The van der Waals surface area contributed by atoms with Crippen molar-refractivity contribution in [2.45, 2.75) is 90.2 Å². The van der Waals surface area contributed by atoms with Gasteiger partial charge in [0.05, 0.1) is 24.5 Å². The summed E-state index contributed by atoms with van der Waals surface area (Å²) in [6, 6.07) is 13.0. The van der Waals surface area contributed by atoms with Gasteiger partial charge in [-0.25, -0.2) is 14.8 Å². The second kappa shape index (κ2) is 15.0. The number of ketones is 1. The van der Waals surface area contributed by atoms with Crippen LogP contribution in [0.5, 0.6) is 5.75 Å². The molecule has 49 heavy (non-hydrogen) atoms. The van der Waals surface area contributed by atoms with Crippen molar-refractivity contribution >= 4 is 23.3 Å². The topological polar surface area (TPSA) is 136 Å². The molecule has 1 aliphatic rings. The lowest BCUT2D eigenvalue weighted by atomic mass is 9.85. The van der Waals surface area contributed by atoms with Crippen LogP contribution in [0.3, 0.4) is 0 Å². The SMILES string of the molecule is COCCN(C)CCCC(=O)c1nc(NC(=O)N[C@H]2CC[C@@H](Oc3ccc4nnc(C(C)(C)C)n4c3)c3ccccc32)cc(C(C)(C)C)n1. The van der Waals surface area contributed by atoms with Gasteiger partial charge in [0, 0.05) is 37.0 Å². The van der Waals surface area contributed by atoms with Crippen molar-refractivity contribution in [2.75, 3.05) is 39.2 Å². The number of fused-ring (bicyclic) bond motifs is 2. The molecule has 3 heterocycles. The zero-order valence-corrected chi connectivity index (χ0v) is 30.0. The summed E-state index contributed by atoms with van der Waals surface area (Å²) in [7, 11) is 3.68. The van der Waals surface area contributed by atoms with E-state index in [4.69, 9.17) is 9.47 Å². The molecule has 0 aliphatic heterocycles. The van der Waals surface area contributed by atoms with E-state index in [2.05, 4.69) is 62.5 Å². The second-order valence-corrected chi connectivity index (χ2v) is 14.9. The van der Waals surface area contributed by atoms with Gasteiger partial charge < -0.3 is 19.7 Å². The minimum absolute atomic E-state index is 0.115. The smallest absolute Gasteiger partial charge is 0.320 e. The van der Waals surface area contributed by atoms with Gasteiger partial charge in [0.1, 0.15) is 23.5 Å². The van der Waals surface area contributed by atoms with Crippen LogP contribution in [-0.4, -0.2) is 75.1 Å². The fourth-order valence-electron chi connectivity index (χ4n) is 5.95. The minimum Gasteiger partial charge on any atom is -0.484 e. The highest BCUT2D eigenvalue weighted by Gasteiger charge is 2.30. The summed E-state index contributed by atoms with van der Waals surface area (Å²) in [6.07, 6.45) is 4.12. The van der Waals surface area contributed by atoms with E-state index in [1.165, 1.54) is 0 Å². The van der Waals surface area contributed by atoms with Crippen molar-refractivity contribution in [3.05, 3.63) is 77.1 Å². The molecule has 2 N–H and O–H groups in total. The van der Waals surface area contributed by atoms with Crippen molar-refractivity contribution in [1.82, 2.24) is 34.8 Å². The molecule has 4 aromatic rings. The van der Waals surface area contributed by atoms with Crippen LogP contribution in [-0.2, 0) is 15.6 Å². The number of Topliss-reactive ketones (excluding diaryl/α,β-unsaturated/α-hetero) is 1. The predicted octanol–water partition coefficient (Wildman–Crippen LogP) is 6.43. The number of methoxy groups -OCH3 is 1. The molecular weight excluding hydrogens is 620 g/mol. The number of carbonyl (C=O) groups excluding carboxylic acids is 2. The average Bonchev–Trinajstić information content (AvgIpc) is 3.48. The maximum absolute atomic E-state index is 13.4. The molecule has 0 saturated heterocycles. The Hall–Kier alpha value is -4.42. The van der Waals surface area contributed by atoms with Gasteiger partial charge in [-0.05, 0) is 56.1 Å². The highest BCUT2D eigenvalue weighted by Crippen LogP contribution is 2.39. The van der Waals surface area contributed by atoms with E-state index < -0.39 is 6.03 Å². The van der Waals surface area contributed by atoms with E-state index in [9.17, 15) is 9.59 Å². The average molecular weight is 671 g/mol. The van der Waals surface area contributed by atoms with Crippen molar-refractivity contribution in [3.8, 4) is 5.75 Å². The van der Waals surface area contributed by atoms with Crippen LogP contribution in [0, 0.1) is 0 Å². The molecule has 0 saturated carbocycles. The molecule has 262 valence electrons. The number of amides is 2. The molecule has 0 fully saturated rings. The van der Waals surface area contributed by atoms with E-state index in [0.717, 1.165) is 41.4 Å². The Bertz CT molecular complexity index is 1770. The van der Waals surface area contributed by atoms with E-state index in [-0.39, 0.29) is 34.6 Å². The first-order valence-corrected chi connectivity index (χ1v) is 17.0. The van der Waals surface area contributed by atoms with Crippen molar-refractivity contribution in [3.63, 3.8) is 0 Å². The quantitative estimate of drug-likeness (QED) is 0.163. The summed E-state index contributed by atoms with van der Waals surface area (Å²) < 4.78 is 13.7. The number of urea groups is 1. The van der Waals surface area contributed by atoms with Gasteiger partial charge >= 0.3 is 6.03 Å². The van der Waals surface area contributed by atoms with Gasteiger partial charge in [0.2, 0.25) is 0 Å². The largest absolute Gasteiger partial charge is 0.484 e. The first-order chi connectivity index (χ1) is 23.2. The van der Waals surface area contributed by atoms with Crippen LogP contribution in [0.2, 0.25) is 0 Å². The molecule has 5 rings (SSSR count). The van der Waals surface area contributed by atoms with Crippen molar-refractivity contribution in [1.29, 1.82) is 0 Å². The summed E-state index contributed by atoms with van der Waals surface area (Å²) in [4.78, 5) is 37.8. The van der Waals surface area contributed by atoms with Gasteiger partial charge in [0.25, 0.3) is 0 Å². The Morgan fingerprint density at radius 3 is 2.43 bits per heavy atom. The number of nitrogens with zero attached hydrogens (tertiary/aromatic N) is 6. The maximum atomic E-state index is 13.4. The third-order valence-corrected chi connectivity index (χ3v) is 8.67. The molecule has 0 unspecified atom stereocenters. The summed E-state index contributed by atoms with van der Waals surface area (Å²) in [5, 5.41) is 14.7. The van der Waals surface area contributed by atoms with Crippen LogP contribution < -0.4 is 15.4 Å². The number of pyridine rings is 1. The Labute approximate surface area is 289 Å². The molecule has 12 heteroatoms. The third kappa shape index (κ3) is 8.98. The Balaban J connectivity index is 1.27.